The molecule has 2 atom stereocenters. The normalized spacial score (nSPS) is 23.3. The zero-order chi connectivity index (χ0) is 21.7. The van der Waals surface area contributed by atoms with Crippen LogP contribution in [0.15, 0.2) is 42.7 Å². The number of hydrogen-bond donors (Lipinski definition) is 1. The van der Waals surface area contributed by atoms with E-state index < -0.39 is 0 Å². The molecule has 0 bridgehead atoms. The molecule has 2 aliphatic carbocycles. The van der Waals surface area contributed by atoms with Crippen LogP contribution in [0.4, 0.5) is 23.1 Å². The van der Waals surface area contributed by atoms with E-state index in [0.717, 1.165) is 47.4 Å². The molecule has 2 aromatic heterocycles. The highest BCUT2D eigenvalue weighted by molar-refractivity contribution is 6.00. The molecule has 2 unspecified atom stereocenters. The van der Waals surface area contributed by atoms with Crippen LogP contribution >= 0.6 is 0 Å². The third-order valence-electron chi connectivity index (χ3n) is 7.45. The number of nitrogens with zero attached hydrogens (tertiary/aromatic N) is 5. The van der Waals surface area contributed by atoms with Crippen molar-refractivity contribution in [2.45, 2.75) is 57.0 Å². The van der Waals surface area contributed by atoms with E-state index in [0.29, 0.717) is 12.0 Å². The van der Waals surface area contributed by atoms with E-state index in [1.165, 1.54) is 25.7 Å². The molecule has 1 amide bonds. The van der Waals surface area contributed by atoms with E-state index in [1.54, 1.807) is 11.1 Å². The van der Waals surface area contributed by atoms with Crippen molar-refractivity contribution >= 4 is 40.0 Å². The van der Waals surface area contributed by atoms with Crippen LogP contribution in [-0.4, -0.2) is 40.0 Å². The average Bonchev–Trinajstić information content (AvgIpc) is 3.51. The highest BCUT2D eigenvalue weighted by atomic mass is 16.2. The Kier molecular flexibility index (Phi) is 4.70. The van der Waals surface area contributed by atoms with Crippen molar-refractivity contribution in [3.63, 3.8) is 0 Å². The van der Waals surface area contributed by atoms with E-state index in [2.05, 4.69) is 26.3 Å². The van der Waals surface area contributed by atoms with Crippen LogP contribution in [0.1, 0.15) is 44.9 Å². The molecule has 3 aromatic rings. The van der Waals surface area contributed by atoms with Gasteiger partial charge in [0.25, 0.3) is 0 Å². The number of benzene rings is 1. The smallest absolute Gasteiger partial charge is 0.232 e. The van der Waals surface area contributed by atoms with Crippen LogP contribution in [0.25, 0.3) is 10.9 Å². The predicted molar refractivity (Wildman–Crippen MR) is 126 cm³/mol. The molecular weight excluding hydrogens is 400 g/mol. The number of pyridine rings is 1. The molecule has 164 valence electrons. The number of fused-ring (bicyclic) bond motifs is 3. The second-order valence-electron chi connectivity index (χ2n) is 9.25. The van der Waals surface area contributed by atoms with Gasteiger partial charge in [-0.05, 0) is 49.9 Å². The third-order valence-corrected chi connectivity index (χ3v) is 7.45. The lowest BCUT2D eigenvalue weighted by atomic mass is 9.99. The summed E-state index contributed by atoms with van der Waals surface area (Å²) in [6.07, 6.45) is 11.6. The number of rotatable bonds is 3. The fourth-order valence-corrected chi connectivity index (χ4v) is 5.90. The van der Waals surface area contributed by atoms with Crippen molar-refractivity contribution in [3.05, 3.63) is 42.7 Å². The minimum Gasteiger partial charge on any atom is -0.348 e. The topological polar surface area (TPSA) is 74.2 Å². The number of anilines is 4. The van der Waals surface area contributed by atoms with Crippen LogP contribution in [0.3, 0.4) is 0 Å². The summed E-state index contributed by atoms with van der Waals surface area (Å²) in [6.45, 7) is 0. The Hall–Kier alpha value is -3.22. The summed E-state index contributed by atoms with van der Waals surface area (Å²) < 4.78 is 0. The van der Waals surface area contributed by atoms with Gasteiger partial charge in [-0.3, -0.25) is 9.78 Å². The van der Waals surface area contributed by atoms with Gasteiger partial charge in [-0.1, -0.05) is 25.3 Å². The van der Waals surface area contributed by atoms with E-state index in [9.17, 15) is 4.79 Å². The minimum absolute atomic E-state index is 0.0513. The monoisotopic (exact) mass is 428 g/mol. The summed E-state index contributed by atoms with van der Waals surface area (Å²) in [4.78, 5) is 31.7. The fourth-order valence-electron chi connectivity index (χ4n) is 5.90. The van der Waals surface area contributed by atoms with Crippen molar-refractivity contribution in [1.29, 1.82) is 0 Å². The van der Waals surface area contributed by atoms with E-state index in [-0.39, 0.29) is 17.9 Å². The standard InChI is InChI=1S/C25H28N6O/c1-30-22-15-27-25(28-20-12-5-11-19-17(20)10-6-14-26-19)29-23(22)31(16-7-2-3-8-16)21-13-4-9-18(21)24(30)32/h5-6,10-12,14-16,18,21H,2-4,7-9,13H2,1H3,(H,27,28,29). The van der Waals surface area contributed by atoms with Crippen molar-refractivity contribution in [1.82, 2.24) is 15.0 Å². The maximum Gasteiger partial charge on any atom is 0.232 e. The Balaban J connectivity index is 1.44. The molecule has 2 saturated carbocycles. The van der Waals surface area contributed by atoms with Crippen LogP contribution in [0.5, 0.6) is 0 Å². The Morgan fingerprint density at radius 1 is 1.00 bits per heavy atom. The van der Waals surface area contributed by atoms with Crippen LogP contribution < -0.4 is 15.1 Å². The molecular formula is C25H28N6O. The predicted octanol–water partition coefficient (Wildman–Crippen LogP) is 4.66. The largest absolute Gasteiger partial charge is 0.348 e. The molecule has 1 aliphatic heterocycles. The van der Waals surface area contributed by atoms with Gasteiger partial charge in [0.2, 0.25) is 11.9 Å². The van der Waals surface area contributed by atoms with Crippen LogP contribution in [-0.2, 0) is 4.79 Å². The second kappa shape index (κ2) is 7.73. The van der Waals surface area contributed by atoms with Gasteiger partial charge >= 0.3 is 0 Å². The molecule has 7 nitrogen and oxygen atoms in total. The van der Waals surface area contributed by atoms with Crippen molar-refractivity contribution < 1.29 is 4.79 Å². The van der Waals surface area contributed by atoms with Gasteiger partial charge in [-0.15, -0.1) is 0 Å². The van der Waals surface area contributed by atoms with Crippen LogP contribution in [0.2, 0.25) is 0 Å². The number of aromatic nitrogens is 3. The SMILES string of the molecule is CN1C(=O)C2CCCC2N(C2CCCC2)c2nc(Nc3cccc4ncccc34)ncc21. The number of nitrogens with one attached hydrogen (secondary N) is 1. The Labute approximate surface area is 187 Å². The summed E-state index contributed by atoms with van der Waals surface area (Å²) in [6, 6.07) is 10.7. The average molecular weight is 429 g/mol. The Morgan fingerprint density at radius 3 is 2.75 bits per heavy atom. The molecule has 0 spiro atoms. The molecule has 2 fully saturated rings. The zero-order valence-electron chi connectivity index (χ0n) is 18.4. The molecule has 6 rings (SSSR count). The summed E-state index contributed by atoms with van der Waals surface area (Å²) in [7, 11) is 1.88. The molecule has 32 heavy (non-hydrogen) atoms. The molecule has 3 aliphatic rings. The first-order valence-corrected chi connectivity index (χ1v) is 11.7. The highest BCUT2D eigenvalue weighted by Gasteiger charge is 2.45. The van der Waals surface area contributed by atoms with Crippen molar-refractivity contribution in [2.75, 3.05) is 22.2 Å². The van der Waals surface area contributed by atoms with E-state index in [1.807, 2.05) is 37.5 Å². The summed E-state index contributed by atoms with van der Waals surface area (Å²) >= 11 is 0. The first-order chi connectivity index (χ1) is 15.7. The lowest BCUT2D eigenvalue weighted by molar-refractivity contribution is -0.122. The zero-order valence-corrected chi connectivity index (χ0v) is 18.4. The first kappa shape index (κ1) is 19.5. The molecule has 1 N–H and O–H groups in total. The first-order valence-electron chi connectivity index (χ1n) is 11.7. The molecule has 7 heteroatoms. The molecule has 0 radical (unpaired) electrons. The maximum absolute atomic E-state index is 13.3. The molecule has 1 aromatic carbocycles. The maximum atomic E-state index is 13.3. The minimum atomic E-state index is 0.0513. The van der Waals surface area contributed by atoms with Gasteiger partial charge in [0.15, 0.2) is 5.82 Å². The third kappa shape index (κ3) is 3.10. The van der Waals surface area contributed by atoms with Gasteiger partial charge in [-0.25, -0.2) is 4.98 Å². The Bertz CT molecular complexity index is 1170. The summed E-state index contributed by atoms with van der Waals surface area (Å²) in [5.41, 5.74) is 2.68. The van der Waals surface area contributed by atoms with Gasteiger partial charge < -0.3 is 15.1 Å². The molecule has 3 heterocycles. The second-order valence-corrected chi connectivity index (χ2v) is 9.25. The van der Waals surface area contributed by atoms with Gasteiger partial charge in [0.1, 0.15) is 5.69 Å². The highest BCUT2D eigenvalue weighted by Crippen LogP contribution is 2.44. The number of carbonyl (C=O) groups is 1. The summed E-state index contributed by atoms with van der Waals surface area (Å²) in [5.74, 6) is 1.72. The Morgan fingerprint density at radius 2 is 1.88 bits per heavy atom. The van der Waals surface area contributed by atoms with Crippen molar-refractivity contribution in [2.24, 2.45) is 5.92 Å². The van der Waals surface area contributed by atoms with E-state index >= 15 is 0 Å². The number of carbonyl (C=O) groups excluding carboxylic acids is 1. The lowest BCUT2D eigenvalue weighted by Gasteiger charge is -2.36. The van der Waals surface area contributed by atoms with Gasteiger partial charge in [0.05, 0.1) is 23.3 Å². The summed E-state index contributed by atoms with van der Waals surface area (Å²) in [5, 5.41) is 4.45. The number of amides is 1. The van der Waals surface area contributed by atoms with Gasteiger partial charge in [-0.2, -0.15) is 4.98 Å². The quantitative estimate of drug-likeness (QED) is 0.654. The van der Waals surface area contributed by atoms with E-state index in [4.69, 9.17) is 4.98 Å². The lowest BCUT2D eigenvalue weighted by Crippen LogP contribution is -2.46. The van der Waals surface area contributed by atoms with Gasteiger partial charge in [0, 0.05) is 30.7 Å². The number of hydrogen-bond acceptors (Lipinski definition) is 6. The van der Waals surface area contributed by atoms with Crippen LogP contribution in [0, 0.1) is 5.92 Å². The fraction of sp³-hybridized carbons (Fsp3) is 0.440. The van der Waals surface area contributed by atoms with Crippen molar-refractivity contribution in [3.8, 4) is 0 Å². The molecule has 0 saturated heterocycles.